The summed E-state index contributed by atoms with van der Waals surface area (Å²) in [5.74, 6) is -0.0200. The molecule has 3 heterocycles. The molecule has 2 aliphatic rings. The highest BCUT2D eigenvalue weighted by atomic mass is 79.9. The Bertz CT molecular complexity index is 1220. The number of anilines is 1. The molecule has 1 aromatic heterocycles. The summed E-state index contributed by atoms with van der Waals surface area (Å²) in [5, 5.41) is 4.48. The fourth-order valence-corrected chi connectivity index (χ4v) is 4.51. The number of amides is 2. The van der Waals surface area contributed by atoms with E-state index in [0.717, 1.165) is 17.3 Å². The first-order valence-corrected chi connectivity index (χ1v) is 11.7. The minimum atomic E-state index is -1.48. The van der Waals surface area contributed by atoms with Gasteiger partial charge in [-0.2, -0.15) is 5.01 Å². The maximum Gasteiger partial charge on any atom is 0.266 e. The van der Waals surface area contributed by atoms with Crippen molar-refractivity contribution < 1.29 is 14.0 Å². The summed E-state index contributed by atoms with van der Waals surface area (Å²) in [4.78, 5) is 35.9. The summed E-state index contributed by atoms with van der Waals surface area (Å²) in [6, 6.07) is 13.7. The highest BCUT2D eigenvalue weighted by Crippen LogP contribution is 2.30. The number of aromatic nitrogens is 2. The maximum atomic E-state index is 15.1. The molecule has 34 heavy (non-hydrogen) atoms. The van der Waals surface area contributed by atoms with Crippen molar-refractivity contribution in [3.63, 3.8) is 0 Å². The zero-order chi connectivity index (χ0) is 23.7. The third kappa shape index (κ3) is 4.51. The van der Waals surface area contributed by atoms with Gasteiger partial charge in [-0.15, -0.1) is 0 Å². The van der Waals surface area contributed by atoms with E-state index in [0.29, 0.717) is 34.7 Å². The Balaban J connectivity index is 1.30. The SMILES string of the molecule is O=C1NN(Cc2cccc(C(=O)N3CCCC3Nc3ncc(Br)cn3)c2)C(F)c2ccccc21. The van der Waals surface area contributed by atoms with E-state index < -0.39 is 6.30 Å². The smallest absolute Gasteiger partial charge is 0.266 e. The van der Waals surface area contributed by atoms with E-state index in [2.05, 4.69) is 36.6 Å². The number of hydrogen-bond donors (Lipinski definition) is 2. The second kappa shape index (κ2) is 9.47. The Morgan fingerprint density at radius 3 is 2.79 bits per heavy atom. The van der Waals surface area contributed by atoms with E-state index in [1.54, 1.807) is 59.8 Å². The third-order valence-corrected chi connectivity index (χ3v) is 6.35. The molecule has 1 fully saturated rings. The Morgan fingerprint density at radius 1 is 1.18 bits per heavy atom. The summed E-state index contributed by atoms with van der Waals surface area (Å²) in [5.41, 5.74) is 4.49. The highest BCUT2D eigenvalue weighted by molar-refractivity contribution is 9.10. The van der Waals surface area contributed by atoms with Gasteiger partial charge in [0.05, 0.1) is 4.47 Å². The van der Waals surface area contributed by atoms with Crippen molar-refractivity contribution in [1.82, 2.24) is 25.3 Å². The van der Waals surface area contributed by atoms with Gasteiger partial charge in [0.1, 0.15) is 6.17 Å². The summed E-state index contributed by atoms with van der Waals surface area (Å²) in [6.07, 6.45) is 3.25. The Labute approximate surface area is 204 Å². The van der Waals surface area contributed by atoms with Crippen LogP contribution in [-0.2, 0) is 6.54 Å². The van der Waals surface area contributed by atoms with Gasteiger partial charge in [-0.3, -0.25) is 15.0 Å². The van der Waals surface area contributed by atoms with Crippen molar-refractivity contribution in [2.45, 2.75) is 31.8 Å². The predicted molar refractivity (Wildman–Crippen MR) is 127 cm³/mol. The number of alkyl halides is 1. The molecule has 2 aliphatic heterocycles. The standard InChI is InChI=1S/C24H22BrFN6O2/c25-17-12-27-24(28-13-17)29-20-9-4-10-31(20)23(34)16-6-3-5-15(11-16)14-32-21(26)18-7-1-2-8-19(18)22(33)30-32/h1-3,5-8,11-13,20-21H,4,9-10,14H2,(H,30,33)(H,27,28,29). The average Bonchev–Trinajstić information content (AvgIpc) is 3.31. The first kappa shape index (κ1) is 22.4. The molecule has 0 radical (unpaired) electrons. The molecular formula is C24H22BrFN6O2. The van der Waals surface area contributed by atoms with Gasteiger partial charge >= 0.3 is 0 Å². The van der Waals surface area contributed by atoms with Gasteiger partial charge in [-0.05, 0) is 52.5 Å². The topological polar surface area (TPSA) is 90.5 Å². The minimum absolute atomic E-state index is 0.122. The molecule has 0 spiro atoms. The number of benzene rings is 2. The molecule has 1 saturated heterocycles. The lowest BCUT2D eigenvalue weighted by Crippen LogP contribution is -2.47. The van der Waals surface area contributed by atoms with Crippen LogP contribution in [0.4, 0.5) is 10.3 Å². The minimum Gasteiger partial charge on any atom is -0.334 e. The van der Waals surface area contributed by atoms with Crippen molar-refractivity contribution in [3.05, 3.63) is 87.7 Å². The number of halogens is 2. The second-order valence-electron chi connectivity index (χ2n) is 8.22. The van der Waals surface area contributed by atoms with Crippen LogP contribution >= 0.6 is 15.9 Å². The van der Waals surface area contributed by atoms with E-state index in [-0.39, 0.29) is 24.5 Å². The third-order valence-electron chi connectivity index (χ3n) is 5.94. The van der Waals surface area contributed by atoms with Crippen molar-refractivity contribution in [2.24, 2.45) is 0 Å². The number of hydrogen-bond acceptors (Lipinski definition) is 6. The number of hydrazine groups is 1. The first-order chi connectivity index (χ1) is 16.5. The molecule has 2 aromatic carbocycles. The largest absolute Gasteiger partial charge is 0.334 e. The van der Waals surface area contributed by atoms with Crippen LogP contribution in [0.1, 0.15) is 51.0 Å². The molecule has 5 rings (SSSR count). The monoisotopic (exact) mass is 524 g/mol. The normalized spacial score (nSPS) is 20.1. The van der Waals surface area contributed by atoms with Crippen LogP contribution in [0.25, 0.3) is 0 Å². The van der Waals surface area contributed by atoms with Crippen LogP contribution in [0, 0.1) is 0 Å². The molecular weight excluding hydrogens is 503 g/mol. The number of rotatable bonds is 5. The van der Waals surface area contributed by atoms with E-state index in [1.165, 1.54) is 5.01 Å². The first-order valence-electron chi connectivity index (χ1n) is 10.9. The van der Waals surface area contributed by atoms with Gasteiger partial charge in [0.2, 0.25) is 5.95 Å². The Kier molecular flexibility index (Phi) is 6.25. The number of carbonyl (C=O) groups is 2. The Hall–Kier alpha value is -3.37. The van der Waals surface area contributed by atoms with E-state index in [9.17, 15) is 9.59 Å². The molecule has 0 bridgehead atoms. The number of likely N-dealkylation sites (tertiary alicyclic amines) is 1. The number of nitrogens with one attached hydrogen (secondary N) is 2. The van der Waals surface area contributed by atoms with Crippen LogP contribution in [0.5, 0.6) is 0 Å². The van der Waals surface area contributed by atoms with Gasteiger partial charge in [-0.1, -0.05) is 30.3 Å². The van der Waals surface area contributed by atoms with Crippen molar-refractivity contribution in [3.8, 4) is 0 Å². The van der Waals surface area contributed by atoms with Gasteiger partial charge in [0.25, 0.3) is 11.8 Å². The summed E-state index contributed by atoms with van der Waals surface area (Å²) in [6.45, 7) is 0.736. The summed E-state index contributed by atoms with van der Waals surface area (Å²) < 4.78 is 15.9. The average molecular weight is 525 g/mol. The van der Waals surface area contributed by atoms with Gasteiger partial charge < -0.3 is 10.2 Å². The van der Waals surface area contributed by atoms with Crippen molar-refractivity contribution in [1.29, 1.82) is 0 Å². The van der Waals surface area contributed by atoms with Crippen molar-refractivity contribution in [2.75, 3.05) is 11.9 Å². The molecule has 0 aliphatic carbocycles. The van der Waals surface area contributed by atoms with Crippen LogP contribution in [0.2, 0.25) is 0 Å². The molecule has 3 aromatic rings. The number of nitrogens with zero attached hydrogens (tertiary/aromatic N) is 4. The molecule has 2 N–H and O–H groups in total. The van der Waals surface area contributed by atoms with Gasteiger partial charge in [-0.25, -0.2) is 14.4 Å². The lowest BCUT2D eigenvalue weighted by Gasteiger charge is -2.32. The molecule has 2 amide bonds. The van der Waals surface area contributed by atoms with E-state index >= 15 is 4.39 Å². The molecule has 174 valence electrons. The molecule has 2 unspecified atom stereocenters. The molecule has 8 nitrogen and oxygen atoms in total. The van der Waals surface area contributed by atoms with E-state index in [4.69, 9.17) is 0 Å². The fraction of sp³-hybridized carbons (Fsp3) is 0.250. The second-order valence-corrected chi connectivity index (χ2v) is 9.13. The lowest BCUT2D eigenvalue weighted by atomic mass is 10.0. The van der Waals surface area contributed by atoms with Crippen LogP contribution in [0.15, 0.2) is 65.4 Å². The fourth-order valence-electron chi connectivity index (χ4n) is 4.31. The zero-order valence-corrected chi connectivity index (χ0v) is 19.7. The van der Waals surface area contributed by atoms with Gasteiger partial charge in [0.15, 0.2) is 6.30 Å². The number of fused-ring (bicyclic) bond motifs is 1. The number of carbonyl (C=O) groups excluding carboxylic acids is 2. The molecule has 0 saturated carbocycles. The molecule has 10 heteroatoms. The van der Waals surface area contributed by atoms with Crippen LogP contribution < -0.4 is 10.7 Å². The Morgan fingerprint density at radius 2 is 1.97 bits per heavy atom. The van der Waals surface area contributed by atoms with Crippen molar-refractivity contribution >= 4 is 33.7 Å². The molecule has 2 atom stereocenters. The quantitative estimate of drug-likeness (QED) is 0.489. The summed E-state index contributed by atoms with van der Waals surface area (Å²) in [7, 11) is 0. The van der Waals surface area contributed by atoms with Crippen LogP contribution in [-0.4, -0.2) is 44.4 Å². The van der Waals surface area contributed by atoms with Gasteiger partial charge in [0, 0.05) is 42.2 Å². The predicted octanol–water partition coefficient (Wildman–Crippen LogP) is 4.04. The van der Waals surface area contributed by atoms with E-state index in [1.807, 2.05) is 6.07 Å². The van der Waals surface area contributed by atoms with Crippen LogP contribution in [0.3, 0.4) is 0 Å². The summed E-state index contributed by atoms with van der Waals surface area (Å²) >= 11 is 3.31. The lowest BCUT2D eigenvalue weighted by molar-refractivity contribution is 0.0122. The zero-order valence-electron chi connectivity index (χ0n) is 18.1. The highest BCUT2D eigenvalue weighted by Gasteiger charge is 2.32. The maximum absolute atomic E-state index is 15.1.